The number of hydrogen-bond acceptors (Lipinski definition) is 3. The topological polar surface area (TPSA) is 82.2 Å². The highest BCUT2D eigenvalue weighted by Gasteiger charge is 2.16. The Morgan fingerprint density at radius 2 is 2.24 bits per heavy atom. The zero-order valence-corrected chi connectivity index (χ0v) is 9.80. The van der Waals surface area contributed by atoms with Crippen LogP contribution in [-0.2, 0) is 0 Å². The molecule has 0 spiro atoms. The average molecular weight is 250 g/mol. The van der Waals surface area contributed by atoms with Gasteiger partial charge in [-0.15, -0.1) is 11.3 Å². The second-order valence-electron chi connectivity index (χ2n) is 3.44. The average Bonchev–Trinajstić information content (AvgIpc) is 2.86. The zero-order valence-electron chi connectivity index (χ0n) is 8.98. The fourth-order valence-electron chi connectivity index (χ4n) is 1.41. The first-order chi connectivity index (χ1) is 8.08. The van der Waals surface area contributed by atoms with Gasteiger partial charge in [0, 0.05) is 11.1 Å². The Kier molecular flexibility index (Phi) is 2.97. The van der Waals surface area contributed by atoms with Crippen LogP contribution in [0.25, 0.3) is 0 Å². The molecule has 0 aliphatic rings. The van der Waals surface area contributed by atoms with Gasteiger partial charge in [-0.2, -0.15) is 0 Å². The summed E-state index contributed by atoms with van der Waals surface area (Å²) in [6.45, 7) is 1.79. The monoisotopic (exact) mass is 250 g/mol. The Morgan fingerprint density at radius 3 is 2.82 bits per heavy atom. The maximum atomic E-state index is 11.7. The van der Waals surface area contributed by atoms with Crippen molar-refractivity contribution >= 4 is 28.2 Å². The highest BCUT2D eigenvalue weighted by molar-refractivity contribution is 7.16. The van der Waals surface area contributed by atoms with Gasteiger partial charge in [-0.05, 0) is 25.1 Å². The summed E-state index contributed by atoms with van der Waals surface area (Å²) in [5.41, 5.74) is 0.514. The van der Waals surface area contributed by atoms with Crippen LogP contribution < -0.4 is 5.32 Å². The van der Waals surface area contributed by atoms with E-state index in [-0.39, 0.29) is 11.5 Å². The summed E-state index contributed by atoms with van der Waals surface area (Å²) in [5, 5.41) is 11.9. The highest BCUT2D eigenvalue weighted by Crippen LogP contribution is 2.27. The molecule has 0 saturated carbocycles. The van der Waals surface area contributed by atoms with Gasteiger partial charge in [-0.1, -0.05) is 0 Å². The van der Waals surface area contributed by atoms with E-state index < -0.39 is 5.97 Å². The van der Waals surface area contributed by atoms with Crippen molar-refractivity contribution in [3.63, 3.8) is 0 Å². The zero-order chi connectivity index (χ0) is 12.4. The molecule has 3 N–H and O–H groups in total. The van der Waals surface area contributed by atoms with Gasteiger partial charge in [0.1, 0.15) is 10.7 Å². The number of nitrogens with one attached hydrogen (secondary N) is 2. The number of hydrogen-bond donors (Lipinski definition) is 3. The standard InChI is InChI=1S/C11H10N2O3S/c1-6-5-7(11(15)16)10(17-6)13-9(14)8-3-2-4-12-8/h2-5,12H,1H3,(H,13,14)(H,15,16). The molecule has 17 heavy (non-hydrogen) atoms. The molecule has 0 saturated heterocycles. The number of H-pyrrole nitrogens is 1. The first-order valence-electron chi connectivity index (χ1n) is 4.86. The minimum atomic E-state index is -1.05. The largest absolute Gasteiger partial charge is 0.478 e. The molecule has 2 heterocycles. The van der Waals surface area contributed by atoms with Crippen molar-refractivity contribution in [1.82, 2.24) is 4.98 Å². The van der Waals surface area contributed by atoms with Crippen molar-refractivity contribution in [3.05, 3.63) is 40.5 Å². The van der Waals surface area contributed by atoms with E-state index in [1.165, 1.54) is 17.4 Å². The summed E-state index contributed by atoms with van der Waals surface area (Å²) >= 11 is 1.24. The van der Waals surface area contributed by atoms with Gasteiger partial charge in [0.15, 0.2) is 0 Å². The lowest BCUT2D eigenvalue weighted by molar-refractivity contribution is 0.0698. The molecule has 0 unspecified atom stereocenters. The minimum absolute atomic E-state index is 0.118. The van der Waals surface area contributed by atoms with Crippen LogP contribution in [0.2, 0.25) is 0 Å². The van der Waals surface area contributed by atoms with Gasteiger partial charge in [0.05, 0.1) is 5.56 Å². The van der Waals surface area contributed by atoms with E-state index in [0.29, 0.717) is 10.7 Å². The molecule has 0 fully saturated rings. The van der Waals surface area contributed by atoms with Crippen LogP contribution in [0.3, 0.4) is 0 Å². The molecule has 2 aromatic heterocycles. The van der Waals surface area contributed by atoms with E-state index >= 15 is 0 Å². The lowest BCUT2D eigenvalue weighted by atomic mass is 10.3. The molecule has 1 amide bonds. The molecule has 0 bridgehead atoms. The molecule has 0 aliphatic heterocycles. The van der Waals surface area contributed by atoms with Crippen molar-refractivity contribution in [2.45, 2.75) is 6.92 Å². The molecule has 2 aromatic rings. The van der Waals surface area contributed by atoms with Crippen LogP contribution in [0.15, 0.2) is 24.4 Å². The summed E-state index contributed by atoms with van der Waals surface area (Å²) in [4.78, 5) is 26.3. The molecule has 5 nitrogen and oxygen atoms in total. The van der Waals surface area contributed by atoms with Gasteiger partial charge >= 0.3 is 5.97 Å². The predicted molar refractivity (Wildman–Crippen MR) is 64.8 cm³/mol. The van der Waals surface area contributed by atoms with Crippen molar-refractivity contribution in [2.75, 3.05) is 5.32 Å². The van der Waals surface area contributed by atoms with E-state index in [1.807, 2.05) is 0 Å². The Balaban J connectivity index is 2.24. The Labute approximate surface area is 101 Å². The Hall–Kier alpha value is -2.08. The van der Waals surface area contributed by atoms with Crippen LogP contribution in [-0.4, -0.2) is 22.0 Å². The highest BCUT2D eigenvalue weighted by atomic mass is 32.1. The third-order valence-electron chi connectivity index (χ3n) is 2.16. The van der Waals surface area contributed by atoms with Crippen LogP contribution in [0.5, 0.6) is 0 Å². The number of anilines is 1. The lowest BCUT2D eigenvalue weighted by Crippen LogP contribution is -2.13. The second kappa shape index (κ2) is 4.42. The van der Waals surface area contributed by atoms with E-state index in [0.717, 1.165) is 4.88 Å². The summed E-state index contributed by atoms with van der Waals surface area (Å²) in [7, 11) is 0. The van der Waals surface area contributed by atoms with Crippen LogP contribution >= 0.6 is 11.3 Å². The number of carboxylic acids is 1. The number of aromatic carboxylic acids is 1. The first-order valence-corrected chi connectivity index (χ1v) is 5.68. The maximum absolute atomic E-state index is 11.7. The lowest BCUT2D eigenvalue weighted by Gasteiger charge is -2.01. The number of aromatic amines is 1. The van der Waals surface area contributed by atoms with Gasteiger partial charge in [0.25, 0.3) is 5.91 Å². The van der Waals surface area contributed by atoms with Crippen molar-refractivity contribution in [3.8, 4) is 0 Å². The number of aromatic nitrogens is 1. The summed E-state index contributed by atoms with van der Waals surface area (Å²) in [5.74, 6) is -1.39. The van der Waals surface area contributed by atoms with Crippen LogP contribution in [0, 0.1) is 6.92 Å². The minimum Gasteiger partial charge on any atom is -0.478 e. The Morgan fingerprint density at radius 1 is 1.47 bits per heavy atom. The fourth-order valence-corrected chi connectivity index (χ4v) is 2.31. The molecular weight excluding hydrogens is 240 g/mol. The summed E-state index contributed by atoms with van der Waals surface area (Å²) in [6, 6.07) is 4.86. The van der Waals surface area contributed by atoms with Gasteiger partial charge in [-0.3, -0.25) is 4.79 Å². The molecule has 0 radical (unpaired) electrons. The van der Waals surface area contributed by atoms with Crippen molar-refractivity contribution in [2.24, 2.45) is 0 Å². The number of amides is 1. The number of thiophene rings is 1. The van der Waals surface area contributed by atoms with Gasteiger partial charge in [-0.25, -0.2) is 4.79 Å². The first kappa shape index (κ1) is 11.4. The second-order valence-corrected chi connectivity index (χ2v) is 4.70. The SMILES string of the molecule is Cc1cc(C(=O)O)c(NC(=O)c2ccc[nH]2)s1. The third-order valence-corrected chi connectivity index (χ3v) is 3.12. The number of carbonyl (C=O) groups is 2. The molecule has 2 rings (SSSR count). The van der Waals surface area contributed by atoms with E-state index in [2.05, 4.69) is 10.3 Å². The van der Waals surface area contributed by atoms with E-state index in [9.17, 15) is 9.59 Å². The fraction of sp³-hybridized carbons (Fsp3) is 0.0909. The number of rotatable bonds is 3. The van der Waals surface area contributed by atoms with Gasteiger partial charge < -0.3 is 15.4 Å². The summed E-state index contributed by atoms with van der Waals surface area (Å²) < 4.78 is 0. The number of carboxylic acid groups (broad SMARTS) is 1. The van der Waals surface area contributed by atoms with Crippen molar-refractivity contribution in [1.29, 1.82) is 0 Å². The maximum Gasteiger partial charge on any atom is 0.338 e. The quantitative estimate of drug-likeness (QED) is 0.781. The smallest absolute Gasteiger partial charge is 0.338 e. The molecule has 0 atom stereocenters. The normalized spacial score (nSPS) is 10.2. The summed E-state index contributed by atoms with van der Waals surface area (Å²) in [6.07, 6.45) is 1.63. The molecule has 6 heteroatoms. The van der Waals surface area contributed by atoms with Crippen LogP contribution in [0.4, 0.5) is 5.00 Å². The number of carbonyl (C=O) groups excluding carboxylic acids is 1. The molecule has 0 aliphatic carbocycles. The molecule has 0 aromatic carbocycles. The van der Waals surface area contributed by atoms with Crippen molar-refractivity contribution < 1.29 is 14.7 Å². The van der Waals surface area contributed by atoms with E-state index in [1.54, 1.807) is 25.3 Å². The number of aryl methyl sites for hydroxylation is 1. The molecule has 88 valence electrons. The molecular formula is C11H10N2O3S. The van der Waals surface area contributed by atoms with Crippen LogP contribution in [0.1, 0.15) is 25.7 Å². The predicted octanol–water partition coefficient (Wildman–Crippen LogP) is 2.34. The Bertz CT molecular complexity index is 557. The van der Waals surface area contributed by atoms with E-state index in [4.69, 9.17) is 5.11 Å². The third kappa shape index (κ3) is 2.36. The van der Waals surface area contributed by atoms with Gasteiger partial charge in [0.2, 0.25) is 0 Å².